The summed E-state index contributed by atoms with van der Waals surface area (Å²) in [6.45, 7) is 0. The lowest BCUT2D eigenvalue weighted by molar-refractivity contribution is -0.135. The summed E-state index contributed by atoms with van der Waals surface area (Å²) in [5.41, 5.74) is 0. The number of nitrogens with two attached hydrogens (primary N) is 2. The standard InChI is InChI=1S/C3H3NO2.H4N2/c4-2-1-3(5)6;1-2/h1H2,(H,5,6);1-2H2. The summed E-state index contributed by atoms with van der Waals surface area (Å²) in [5.74, 6) is 6.93. The minimum atomic E-state index is -1.07. The molecule has 0 aromatic carbocycles. The first-order valence-corrected chi connectivity index (χ1v) is 1.69. The maximum atomic E-state index is 9.38. The summed E-state index contributed by atoms with van der Waals surface area (Å²) < 4.78 is 0. The van der Waals surface area contributed by atoms with Crippen LogP contribution in [0.15, 0.2) is 0 Å². The highest BCUT2D eigenvalue weighted by Crippen LogP contribution is 1.68. The number of carbonyl (C=O) groups is 1. The second-order valence-electron chi connectivity index (χ2n) is 0.729. The SMILES string of the molecule is N#CCC(=O)O.NN. The molecular formula is C3H7N3O2. The molecule has 0 atom stereocenters. The summed E-state index contributed by atoms with van der Waals surface area (Å²) >= 11 is 0. The highest BCUT2D eigenvalue weighted by atomic mass is 16.4. The van der Waals surface area contributed by atoms with Crippen LogP contribution in [-0.4, -0.2) is 11.1 Å². The van der Waals surface area contributed by atoms with Gasteiger partial charge in [-0.25, -0.2) is 0 Å². The molecule has 0 heterocycles. The van der Waals surface area contributed by atoms with Gasteiger partial charge in [0.25, 0.3) is 0 Å². The van der Waals surface area contributed by atoms with Gasteiger partial charge in [-0.1, -0.05) is 0 Å². The van der Waals surface area contributed by atoms with Crippen molar-refractivity contribution >= 4 is 5.97 Å². The molecule has 0 spiro atoms. The summed E-state index contributed by atoms with van der Waals surface area (Å²) in [6, 6.07) is 1.47. The zero-order valence-electron chi connectivity index (χ0n) is 4.16. The normalized spacial score (nSPS) is 5.62. The van der Waals surface area contributed by atoms with Crippen molar-refractivity contribution < 1.29 is 9.90 Å². The van der Waals surface area contributed by atoms with E-state index in [1.54, 1.807) is 0 Å². The molecule has 0 aliphatic heterocycles. The lowest BCUT2D eigenvalue weighted by Gasteiger charge is -1.70. The zero-order valence-corrected chi connectivity index (χ0v) is 4.16. The molecular weight excluding hydrogens is 110 g/mol. The van der Waals surface area contributed by atoms with Gasteiger partial charge in [0.1, 0.15) is 6.42 Å². The zero-order chi connectivity index (χ0) is 6.99. The van der Waals surface area contributed by atoms with Crippen LogP contribution in [0, 0.1) is 11.3 Å². The molecule has 0 aliphatic carbocycles. The Balaban J connectivity index is 0. The Hall–Kier alpha value is -1.12. The van der Waals surface area contributed by atoms with E-state index in [0.717, 1.165) is 0 Å². The third kappa shape index (κ3) is 20.8. The van der Waals surface area contributed by atoms with Gasteiger partial charge in [0.2, 0.25) is 0 Å². The molecule has 0 unspecified atom stereocenters. The van der Waals surface area contributed by atoms with E-state index in [0.29, 0.717) is 0 Å². The van der Waals surface area contributed by atoms with Crippen LogP contribution in [0.4, 0.5) is 0 Å². The fourth-order valence-electron chi connectivity index (χ4n) is 0.0676. The Kier molecular flexibility index (Phi) is 11.6. The molecule has 0 aliphatic rings. The van der Waals surface area contributed by atoms with Crippen molar-refractivity contribution in [3.05, 3.63) is 0 Å². The predicted molar refractivity (Wildman–Crippen MR) is 26.2 cm³/mol. The summed E-state index contributed by atoms with van der Waals surface area (Å²) in [6.07, 6.45) is -0.403. The van der Waals surface area contributed by atoms with Crippen LogP contribution in [0.25, 0.3) is 0 Å². The number of nitriles is 1. The van der Waals surface area contributed by atoms with Crippen LogP contribution in [0.1, 0.15) is 6.42 Å². The lowest BCUT2D eigenvalue weighted by Crippen LogP contribution is -2.02. The molecule has 0 rings (SSSR count). The third-order valence-electron chi connectivity index (χ3n) is 0.230. The maximum absolute atomic E-state index is 9.38. The minimum Gasteiger partial charge on any atom is -0.480 e. The van der Waals surface area contributed by atoms with Crippen molar-refractivity contribution in [1.82, 2.24) is 0 Å². The fraction of sp³-hybridized carbons (Fsp3) is 0.333. The summed E-state index contributed by atoms with van der Waals surface area (Å²) in [5, 5.41) is 15.3. The first-order valence-electron chi connectivity index (χ1n) is 1.69. The first-order chi connectivity index (χ1) is 3.77. The van der Waals surface area contributed by atoms with Crippen molar-refractivity contribution in [2.75, 3.05) is 0 Å². The predicted octanol–water partition coefficient (Wildman–Crippen LogP) is -1.20. The number of carboxylic acid groups (broad SMARTS) is 1. The average Bonchev–Trinajstić information content (AvgIpc) is 1.72. The van der Waals surface area contributed by atoms with Crippen LogP contribution in [0.5, 0.6) is 0 Å². The lowest BCUT2D eigenvalue weighted by atomic mass is 10.5. The molecule has 0 aromatic rings. The van der Waals surface area contributed by atoms with Gasteiger partial charge in [0.15, 0.2) is 0 Å². The van der Waals surface area contributed by atoms with Crippen LogP contribution in [0.2, 0.25) is 0 Å². The maximum Gasteiger partial charge on any atom is 0.317 e. The highest BCUT2D eigenvalue weighted by molar-refractivity contribution is 5.69. The Morgan fingerprint density at radius 3 is 2.12 bits per heavy atom. The molecule has 0 bridgehead atoms. The number of aliphatic carboxylic acids is 1. The molecule has 0 saturated heterocycles. The minimum absolute atomic E-state index is 0.403. The molecule has 5 heteroatoms. The molecule has 0 saturated carbocycles. The van der Waals surface area contributed by atoms with E-state index >= 15 is 0 Å². The Morgan fingerprint density at radius 1 is 1.75 bits per heavy atom. The van der Waals surface area contributed by atoms with Gasteiger partial charge in [-0.15, -0.1) is 0 Å². The van der Waals surface area contributed by atoms with E-state index in [-0.39, 0.29) is 0 Å². The van der Waals surface area contributed by atoms with E-state index < -0.39 is 12.4 Å². The molecule has 0 amide bonds. The van der Waals surface area contributed by atoms with Gasteiger partial charge in [0, 0.05) is 0 Å². The fourth-order valence-corrected chi connectivity index (χ4v) is 0.0676. The summed E-state index contributed by atoms with van der Waals surface area (Å²) in [4.78, 5) is 9.38. The molecule has 5 N–H and O–H groups in total. The van der Waals surface area contributed by atoms with Crippen LogP contribution in [-0.2, 0) is 4.79 Å². The number of carboxylic acids is 1. The second-order valence-corrected chi connectivity index (χ2v) is 0.729. The van der Waals surface area contributed by atoms with E-state index in [2.05, 4.69) is 11.7 Å². The second kappa shape index (κ2) is 9.30. The van der Waals surface area contributed by atoms with E-state index in [1.807, 2.05) is 0 Å². The van der Waals surface area contributed by atoms with Gasteiger partial charge in [-0.2, -0.15) is 5.26 Å². The molecule has 5 nitrogen and oxygen atoms in total. The molecule has 0 aromatic heterocycles. The highest BCUT2D eigenvalue weighted by Gasteiger charge is 1.87. The largest absolute Gasteiger partial charge is 0.480 e. The topological polar surface area (TPSA) is 113 Å². The molecule has 0 fully saturated rings. The summed E-state index contributed by atoms with van der Waals surface area (Å²) in [7, 11) is 0. The van der Waals surface area contributed by atoms with Gasteiger partial charge < -0.3 is 5.11 Å². The quantitative estimate of drug-likeness (QED) is 0.295. The number of hydrogen-bond donors (Lipinski definition) is 3. The number of hydrogen-bond acceptors (Lipinski definition) is 4. The van der Waals surface area contributed by atoms with E-state index in [1.165, 1.54) is 6.07 Å². The Labute approximate surface area is 46.5 Å². The van der Waals surface area contributed by atoms with Gasteiger partial charge in [0.05, 0.1) is 6.07 Å². The van der Waals surface area contributed by atoms with E-state index in [9.17, 15) is 4.79 Å². The number of rotatable bonds is 1. The molecule has 8 heavy (non-hydrogen) atoms. The first kappa shape index (κ1) is 9.99. The van der Waals surface area contributed by atoms with Gasteiger partial charge in [-0.3, -0.25) is 16.5 Å². The van der Waals surface area contributed by atoms with Crippen molar-refractivity contribution in [2.45, 2.75) is 6.42 Å². The Morgan fingerprint density at radius 2 is 2.12 bits per heavy atom. The van der Waals surface area contributed by atoms with E-state index in [4.69, 9.17) is 10.4 Å². The Bertz CT molecular complexity index is 95.2. The van der Waals surface area contributed by atoms with Crippen molar-refractivity contribution in [3.8, 4) is 6.07 Å². The smallest absolute Gasteiger partial charge is 0.317 e. The average molecular weight is 117 g/mol. The molecule has 0 radical (unpaired) electrons. The number of hydrazine groups is 1. The monoisotopic (exact) mass is 117 g/mol. The number of nitrogens with zero attached hydrogens (tertiary/aromatic N) is 1. The van der Waals surface area contributed by atoms with Gasteiger partial charge in [-0.05, 0) is 0 Å². The van der Waals surface area contributed by atoms with Crippen LogP contribution >= 0.6 is 0 Å². The van der Waals surface area contributed by atoms with Gasteiger partial charge >= 0.3 is 5.97 Å². The van der Waals surface area contributed by atoms with Crippen molar-refractivity contribution in [3.63, 3.8) is 0 Å². The van der Waals surface area contributed by atoms with Crippen molar-refractivity contribution in [1.29, 1.82) is 5.26 Å². The third-order valence-corrected chi connectivity index (χ3v) is 0.230. The molecule has 46 valence electrons. The van der Waals surface area contributed by atoms with Crippen LogP contribution < -0.4 is 11.7 Å². The van der Waals surface area contributed by atoms with Crippen molar-refractivity contribution in [2.24, 2.45) is 11.7 Å². The van der Waals surface area contributed by atoms with Crippen LogP contribution in [0.3, 0.4) is 0 Å².